The van der Waals surface area contributed by atoms with Crippen molar-refractivity contribution >= 4 is 40.8 Å². The summed E-state index contributed by atoms with van der Waals surface area (Å²) in [5, 5.41) is 19.7. The number of carbonyl (C=O) groups excluding carboxylic acids is 1. The van der Waals surface area contributed by atoms with E-state index in [1.807, 2.05) is 0 Å². The van der Waals surface area contributed by atoms with Crippen molar-refractivity contribution in [1.29, 1.82) is 5.41 Å². The standard InChI is InChI=1S/C18H19ClN6O3/c19-14-7-12(1-2-13(14)11(8-20)9-22-3-5-26)25-4-6-28-17-15(18(25)27)16(21)23-10-24-17/h1-2,7-10,20,22,26H,3-6H2,(H2,21,23,24)/b11-9+,20-8?. The highest BCUT2D eigenvalue weighted by Crippen LogP contribution is 2.31. The second-order valence-electron chi connectivity index (χ2n) is 5.83. The molecule has 146 valence electrons. The maximum atomic E-state index is 13.0. The zero-order valence-electron chi connectivity index (χ0n) is 14.9. The molecule has 1 aliphatic heterocycles. The predicted molar refractivity (Wildman–Crippen MR) is 107 cm³/mol. The van der Waals surface area contributed by atoms with Crippen LogP contribution in [0.4, 0.5) is 11.5 Å². The van der Waals surface area contributed by atoms with Gasteiger partial charge >= 0.3 is 0 Å². The van der Waals surface area contributed by atoms with Gasteiger partial charge in [-0.15, -0.1) is 0 Å². The Morgan fingerprint density at radius 2 is 2.29 bits per heavy atom. The normalized spacial score (nSPS) is 14.1. The highest BCUT2D eigenvalue weighted by atomic mass is 35.5. The zero-order valence-corrected chi connectivity index (χ0v) is 15.6. The summed E-state index contributed by atoms with van der Waals surface area (Å²) in [4.78, 5) is 22.3. The Bertz CT molecular complexity index is 934. The fourth-order valence-corrected chi connectivity index (χ4v) is 3.04. The van der Waals surface area contributed by atoms with Gasteiger partial charge in [-0.2, -0.15) is 0 Å². The van der Waals surface area contributed by atoms with Crippen LogP contribution in [0.5, 0.6) is 5.88 Å². The third-order valence-corrected chi connectivity index (χ3v) is 4.41. The number of nitrogens with two attached hydrogens (primary N) is 1. The molecule has 5 N–H and O–H groups in total. The number of nitrogen functional groups attached to an aromatic ring is 1. The van der Waals surface area contributed by atoms with Crippen molar-refractivity contribution in [2.75, 3.05) is 36.9 Å². The van der Waals surface area contributed by atoms with E-state index < -0.39 is 0 Å². The molecule has 10 heteroatoms. The van der Waals surface area contributed by atoms with Crippen LogP contribution in [-0.4, -0.2) is 53.5 Å². The molecule has 1 aliphatic rings. The number of allylic oxidation sites excluding steroid dienone is 1. The lowest BCUT2D eigenvalue weighted by Gasteiger charge is -2.21. The topological polar surface area (TPSA) is 137 Å². The number of halogens is 1. The van der Waals surface area contributed by atoms with Crippen LogP contribution in [-0.2, 0) is 0 Å². The van der Waals surface area contributed by atoms with E-state index in [2.05, 4.69) is 15.3 Å². The van der Waals surface area contributed by atoms with E-state index >= 15 is 0 Å². The van der Waals surface area contributed by atoms with Crippen molar-refractivity contribution in [2.24, 2.45) is 0 Å². The van der Waals surface area contributed by atoms with Crippen molar-refractivity contribution in [3.05, 3.63) is 46.9 Å². The SMILES string of the molecule is N=C/C(=C\NCCO)c1ccc(N2CCOc3ncnc(N)c3C2=O)cc1Cl. The Hall–Kier alpha value is -3.17. The lowest BCUT2D eigenvalue weighted by atomic mass is 10.1. The lowest BCUT2D eigenvalue weighted by Crippen LogP contribution is -2.32. The first-order chi connectivity index (χ1) is 13.6. The smallest absolute Gasteiger partial charge is 0.267 e. The third-order valence-electron chi connectivity index (χ3n) is 4.10. The van der Waals surface area contributed by atoms with Gasteiger partial charge in [-0.05, 0) is 12.1 Å². The number of fused-ring (bicyclic) bond motifs is 1. The molecule has 0 bridgehead atoms. The van der Waals surface area contributed by atoms with Crippen LogP contribution >= 0.6 is 11.6 Å². The average molecular weight is 403 g/mol. The molecule has 0 aliphatic carbocycles. The van der Waals surface area contributed by atoms with E-state index in [4.69, 9.17) is 32.6 Å². The summed E-state index contributed by atoms with van der Waals surface area (Å²) < 4.78 is 5.52. The summed E-state index contributed by atoms with van der Waals surface area (Å²) >= 11 is 6.42. The number of aromatic nitrogens is 2. The first-order valence-electron chi connectivity index (χ1n) is 8.46. The lowest BCUT2D eigenvalue weighted by molar-refractivity contribution is 0.0990. The highest BCUT2D eigenvalue weighted by molar-refractivity contribution is 6.34. The molecule has 0 saturated carbocycles. The number of ether oxygens (including phenoxy) is 1. The van der Waals surface area contributed by atoms with Gasteiger partial charge in [0.15, 0.2) is 0 Å². The van der Waals surface area contributed by atoms with Gasteiger partial charge in [0.05, 0.1) is 18.2 Å². The van der Waals surface area contributed by atoms with Crippen LogP contribution < -0.4 is 20.7 Å². The zero-order chi connectivity index (χ0) is 20.1. The van der Waals surface area contributed by atoms with Crippen molar-refractivity contribution in [2.45, 2.75) is 0 Å². The second-order valence-corrected chi connectivity index (χ2v) is 6.24. The Morgan fingerprint density at radius 1 is 1.46 bits per heavy atom. The molecule has 0 unspecified atom stereocenters. The number of aliphatic hydroxyl groups is 1. The molecule has 0 spiro atoms. The number of carbonyl (C=O) groups is 1. The van der Waals surface area contributed by atoms with Crippen LogP contribution in [0, 0.1) is 5.41 Å². The van der Waals surface area contributed by atoms with Crippen LogP contribution in [0.25, 0.3) is 5.57 Å². The van der Waals surface area contributed by atoms with Crippen LogP contribution in [0.1, 0.15) is 15.9 Å². The van der Waals surface area contributed by atoms with Gasteiger partial charge in [-0.3, -0.25) is 4.79 Å². The van der Waals surface area contributed by atoms with Gasteiger partial charge in [0.1, 0.15) is 24.3 Å². The molecular formula is C18H19ClN6O3. The third kappa shape index (κ3) is 3.90. The molecule has 0 fully saturated rings. The molecular weight excluding hydrogens is 384 g/mol. The van der Waals surface area contributed by atoms with E-state index in [9.17, 15) is 4.79 Å². The van der Waals surface area contributed by atoms with Gasteiger partial charge < -0.3 is 31.2 Å². The highest BCUT2D eigenvalue weighted by Gasteiger charge is 2.29. The minimum absolute atomic E-state index is 0.0259. The molecule has 28 heavy (non-hydrogen) atoms. The van der Waals surface area contributed by atoms with Crippen molar-refractivity contribution < 1.29 is 14.6 Å². The van der Waals surface area contributed by atoms with E-state index in [-0.39, 0.29) is 42.9 Å². The molecule has 2 aromatic rings. The molecule has 0 atom stereocenters. The van der Waals surface area contributed by atoms with Crippen molar-refractivity contribution in [3.8, 4) is 5.88 Å². The molecule has 1 aromatic carbocycles. The van der Waals surface area contributed by atoms with E-state index in [1.165, 1.54) is 11.2 Å². The minimum Gasteiger partial charge on any atom is -0.475 e. The summed E-state index contributed by atoms with van der Waals surface area (Å²) in [6, 6.07) is 5.09. The fraction of sp³-hybridized carbons (Fsp3) is 0.222. The maximum Gasteiger partial charge on any atom is 0.267 e. The number of hydrogen-bond acceptors (Lipinski definition) is 8. The number of hydrogen-bond donors (Lipinski definition) is 4. The van der Waals surface area contributed by atoms with Crippen LogP contribution in [0.2, 0.25) is 5.02 Å². The van der Waals surface area contributed by atoms with Gasteiger partial charge in [0.2, 0.25) is 5.88 Å². The fourth-order valence-electron chi connectivity index (χ4n) is 2.76. The minimum atomic E-state index is -0.373. The summed E-state index contributed by atoms with van der Waals surface area (Å²) in [6.07, 6.45) is 4.01. The van der Waals surface area contributed by atoms with Gasteiger partial charge in [0, 0.05) is 35.8 Å². The number of rotatable bonds is 6. The molecule has 1 aromatic heterocycles. The van der Waals surface area contributed by atoms with Crippen LogP contribution in [0.15, 0.2) is 30.7 Å². The number of anilines is 2. The molecule has 0 saturated heterocycles. The number of nitrogens with one attached hydrogen (secondary N) is 2. The number of benzene rings is 1. The Morgan fingerprint density at radius 3 is 3.00 bits per heavy atom. The Labute approximate surface area is 166 Å². The van der Waals surface area contributed by atoms with Gasteiger partial charge in [0.25, 0.3) is 5.91 Å². The largest absolute Gasteiger partial charge is 0.475 e. The van der Waals surface area contributed by atoms with Crippen LogP contribution in [0.3, 0.4) is 0 Å². The van der Waals surface area contributed by atoms with Gasteiger partial charge in [-0.25, -0.2) is 9.97 Å². The Kier molecular flexibility index (Phi) is 6.07. The summed E-state index contributed by atoms with van der Waals surface area (Å²) in [5.41, 5.74) is 7.69. The number of aliphatic hydroxyl groups excluding tert-OH is 1. The quantitative estimate of drug-likeness (QED) is 0.422. The molecule has 3 rings (SSSR count). The molecule has 0 radical (unpaired) electrons. The molecule has 2 heterocycles. The molecule has 1 amide bonds. The average Bonchev–Trinajstić information content (AvgIpc) is 2.85. The first-order valence-corrected chi connectivity index (χ1v) is 8.84. The van der Waals surface area contributed by atoms with E-state index in [0.717, 1.165) is 6.21 Å². The van der Waals surface area contributed by atoms with E-state index in [1.54, 1.807) is 24.4 Å². The monoisotopic (exact) mass is 402 g/mol. The van der Waals surface area contributed by atoms with E-state index in [0.29, 0.717) is 28.4 Å². The molecule has 9 nitrogen and oxygen atoms in total. The van der Waals surface area contributed by atoms with Crippen molar-refractivity contribution in [1.82, 2.24) is 15.3 Å². The number of amides is 1. The number of nitrogens with zero attached hydrogens (tertiary/aromatic N) is 3. The van der Waals surface area contributed by atoms with Gasteiger partial charge in [-0.1, -0.05) is 17.7 Å². The Balaban J connectivity index is 1.93. The predicted octanol–water partition coefficient (Wildman–Crippen LogP) is 1.32. The summed E-state index contributed by atoms with van der Waals surface area (Å²) in [7, 11) is 0. The maximum absolute atomic E-state index is 13.0. The first kappa shape index (κ1) is 19.6. The summed E-state index contributed by atoms with van der Waals surface area (Å²) in [6.45, 7) is 0.862. The summed E-state index contributed by atoms with van der Waals surface area (Å²) in [5.74, 6) is -0.165. The second kappa shape index (κ2) is 8.68. The van der Waals surface area contributed by atoms with Crippen molar-refractivity contribution in [3.63, 3.8) is 0 Å².